The summed E-state index contributed by atoms with van der Waals surface area (Å²) < 4.78 is 2.23. The van der Waals surface area contributed by atoms with Crippen LogP contribution in [0.3, 0.4) is 0 Å². The molecule has 62 valence electrons. The molecule has 0 amide bonds. The van der Waals surface area contributed by atoms with Crippen LogP contribution in [0.2, 0.25) is 0 Å². The van der Waals surface area contributed by atoms with E-state index in [4.69, 9.17) is 0 Å². The third-order valence-corrected chi connectivity index (χ3v) is 2.07. The summed E-state index contributed by atoms with van der Waals surface area (Å²) in [5.74, 6) is 0. The quantitative estimate of drug-likeness (QED) is 0.614. The van der Waals surface area contributed by atoms with Crippen LogP contribution in [0.5, 0.6) is 0 Å². The van der Waals surface area contributed by atoms with Gasteiger partial charge >= 0.3 is 0 Å². The number of hydrogen-bond acceptors (Lipinski definition) is 1. The Morgan fingerprint density at radius 3 is 2.67 bits per heavy atom. The first-order chi connectivity index (χ1) is 5.86. The zero-order valence-corrected chi connectivity index (χ0v) is 7.20. The minimum absolute atomic E-state index is 0.491. The molecule has 1 aliphatic heterocycles. The predicted molar refractivity (Wildman–Crippen MR) is 49.9 cm³/mol. The van der Waals surface area contributed by atoms with Crippen molar-refractivity contribution in [1.82, 2.24) is 5.32 Å². The van der Waals surface area contributed by atoms with Crippen LogP contribution in [0.25, 0.3) is 0 Å². The molecule has 2 nitrogen and oxygen atoms in total. The number of nitrogens with zero attached hydrogens (tertiary/aromatic N) is 1. The highest BCUT2D eigenvalue weighted by atomic mass is 15.2. The van der Waals surface area contributed by atoms with Gasteiger partial charge in [0.1, 0.15) is 0 Å². The Balaban J connectivity index is 2.27. The van der Waals surface area contributed by atoms with Crippen LogP contribution < -0.4 is 5.32 Å². The second-order valence-electron chi connectivity index (χ2n) is 3.11. The Labute approximate surface area is 72.5 Å². The van der Waals surface area contributed by atoms with Crippen molar-refractivity contribution >= 4 is 11.9 Å². The highest BCUT2D eigenvalue weighted by Crippen LogP contribution is 2.10. The van der Waals surface area contributed by atoms with E-state index in [1.165, 1.54) is 5.69 Å². The molecule has 1 aliphatic rings. The highest BCUT2D eigenvalue weighted by Gasteiger charge is 2.18. The highest BCUT2D eigenvalue weighted by molar-refractivity contribution is 5.61. The summed E-state index contributed by atoms with van der Waals surface area (Å²) >= 11 is 0. The van der Waals surface area contributed by atoms with Gasteiger partial charge in [0.25, 0.3) is 0 Å². The zero-order valence-electron chi connectivity index (χ0n) is 7.20. The standard InChI is InChI=1S/C10H13N2/c1-9-7-12(8-11-9)10-5-3-2-4-6-10/h2-7,9,11H,8H2,1H3/q+1. The molecule has 1 N–H and O–H groups in total. The molecule has 0 spiro atoms. The second kappa shape index (κ2) is 3.07. The van der Waals surface area contributed by atoms with E-state index in [1.54, 1.807) is 0 Å². The van der Waals surface area contributed by atoms with Gasteiger partial charge in [-0.2, -0.15) is 4.58 Å². The maximum Gasteiger partial charge on any atom is 0.206 e. The smallest absolute Gasteiger partial charge is 0.206 e. The molecule has 2 heteroatoms. The van der Waals surface area contributed by atoms with Gasteiger partial charge in [-0.15, -0.1) is 0 Å². The molecule has 1 aromatic carbocycles. The molecule has 0 radical (unpaired) electrons. The molecule has 0 aromatic heterocycles. The summed E-state index contributed by atoms with van der Waals surface area (Å²) in [6.45, 7) is 3.08. The lowest BCUT2D eigenvalue weighted by atomic mass is 10.3. The fourth-order valence-corrected chi connectivity index (χ4v) is 1.41. The Bertz CT molecular complexity index is 290. The van der Waals surface area contributed by atoms with Crippen LogP contribution in [0.15, 0.2) is 30.3 Å². The summed E-state index contributed by atoms with van der Waals surface area (Å²) in [5, 5.41) is 3.34. The fraction of sp³-hybridized carbons (Fsp3) is 0.300. The van der Waals surface area contributed by atoms with Gasteiger partial charge in [-0.05, 0) is 6.92 Å². The Hall–Kier alpha value is -1.15. The van der Waals surface area contributed by atoms with Crippen molar-refractivity contribution in [3.8, 4) is 0 Å². The maximum absolute atomic E-state index is 3.34. The SMILES string of the molecule is CC1C=[N+](c2ccccc2)CN1. The van der Waals surface area contributed by atoms with Gasteiger partial charge in [0.05, 0.1) is 6.04 Å². The molecule has 0 saturated heterocycles. The molecule has 1 heterocycles. The third-order valence-electron chi connectivity index (χ3n) is 2.07. The predicted octanol–water partition coefficient (Wildman–Crippen LogP) is 1.35. The first kappa shape index (κ1) is 7.50. The van der Waals surface area contributed by atoms with Gasteiger partial charge in [-0.1, -0.05) is 18.2 Å². The fourth-order valence-electron chi connectivity index (χ4n) is 1.41. The molecule has 1 unspecified atom stereocenters. The van der Waals surface area contributed by atoms with E-state index in [9.17, 15) is 0 Å². The van der Waals surface area contributed by atoms with Crippen LogP contribution in [0, 0.1) is 0 Å². The van der Waals surface area contributed by atoms with Gasteiger partial charge in [0, 0.05) is 12.1 Å². The zero-order chi connectivity index (χ0) is 8.39. The van der Waals surface area contributed by atoms with Crippen molar-refractivity contribution in [2.75, 3.05) is 6.67 Å². The number of rotatable bonds is 1. The van der Waals surface area contributed by atoms with E-state index in [0.717, 1.165) is 6.67 Å². The lowest BCUT2D eigenvalue weighted by Gasteiger charge is -1.93. The number of benzene rings is 1. The van der Waals surface area contributed by atoms with Crippen molar-refractivity contribution in [1.29, 1.82) is 0 Å². The molecule has 0 aliphatic carbocycles. The van der Waals surface area contributed by atoms with Crippen molar-refractivity contribution in [2.24, 2.45) is 0 Å². The third kappa shape index (κ3) is 1.38. The van der Waals surface area contributed by atoms with E-state index >= 15 is 0 Å². The second-order valence-corrected chi connectivity index (χ2v) is 3.11. The molecule has 1 aromatic rings. The summed E-state index contributed by atoms with van der Waals surface area (Å²) in [6.07, 6.45) is 2.20. The molecule has 2 rings (SSSR count). The van der Waals surface area contributed by atoms with Crippen molar-refractivity contribution in [2.45, 2.75) is 13.0 Å². The average Bonchev–Trinajstić information content (AvgIpc) is 2.54. The van der Waals surface area contributed by atoms with Crippen LogP contribution in [-0.2, 0) is 0 Å². The largest absolute Gasteiger partial charge is 0.249 e. The van der Waals surface area contributed by atoms with Crippen molar-refractivity contribution < 1.29 is 4.58 Å². The van der Waals surface area contributed by atoms with Crippen molar-refractivity contribution in [3.63, 3.8) is 0 Å². The Morgan fingerprint density at radius 2 is 2.08 bits per heavy atom. The monoisotopic (exact) mass is 161 g/mol. The van der Waals surface area contributed by atoms with Gasteiger partial charge in [-0.25, -0.2) is 5.32 Å². The number of para-hydroxylation sites is 1. The first-order valence-electron chi connectivity index (χ1n) is 4.26. The number of hydrogen-bond donors (Lipinski definition) is 1. The van der Waals surface area contributed by atoms with Crippen molar-refractivity contribution in [3.05, 3.63) is 30.3 Å². The van der Waals surface area contributed by atoms with E-state index < -0.39 is 0 Å². The van der Waals surface area contributed by atoms with E-state index in [-0.39, 0.29) is 0 Å². The summed E-state index contributed by atoms with van der Waals surface area (Å²) in [4.78, 5) is 0. The van der Waals surface area contributed by atoms with Crippen LogP contribution in [0.4, 0.5) is 5.69 Å². The van der Waals surface area contributed by atoms with Gasteiger partial charge in [-0.3, -0.25) is 0 Å². The summed E-state index contributed by atoms with van der Waals surface area (Å²) in [6, 6.07) is 10.9. The first-order valence-corrected chi connectivity index (χ1v) is 4.26. The molecule has 1 atom stereocenters. The normalized spacial score (nSPS) is 22.4. The van der Waals surface area contributed by atoms with E-state index in [0.29, 0.717) is 6.04 Å². The van der Waals surface area contributed by atoms with Gasteiger partial charge < -0.3 is 0 Å². The summed E-state index contributed by atoms with van der Waals surface area (Å²) in [7, 11) is 0. The molecule has 12 heavy (non-hydrogen) atoms. The van der Waals surface area contributed by atoms with E-state index in [2.05, 4.69) is 47.3 Å². The van der Waals surface area contributed by atoms with Crippen LogP contribution >= 0.6 is 0 Å². The summed E-state index contributed by atoms with van der Waals surface area (Å²) in [5.41, 5.74) is 1.26. The molecule has 0 saturated carbocycles. The minimum atomic E-state index is 0.491. The Kier molecular flexibility index (Phi) is 1.92. The molecular formula is C10H13N2+. The Morgan fingerprint density at radius 1 is 1.33 bits per heavy atom. The van der Waals surface area contributed by atoms with Gasteiger partial charge in [0.15, 0.2) is 6.21 Å². The van der Waals surface area contributed by atoms with Crippen LogP contribution in [0.1, 0.15) is 6.92 Å². The number of nitrogens with one attached hydrogen (secondary N) is 1. The van der Waals surface area contributed by atoms with E-state index in [1.807, 2.05) is 6.07 Å². The lowest BCUT2D eigenvalue weighted by molar-refractivity contribution is -0.431. The minimum Gasteiger partial charge on any atom is -0.249 e. The average molecular weight is 161 g/mol. The molecular weight excluding hydrogens is 148 g/mol. The lowest BCUT2D eigenvalue weighted by Crippen LogP contribution is -2.20. The van der Waals surface area contributed by atoms with Crippen LogP contribution in [-0.4, -0.2) is 23.5 Å². The topological polar surface area (TPSA) is 15.0 Å². The molecule has 0 fully saturated rings. The van der Waals surface area contributed by atoms with Gasteiger partial charge in [0.2, 0.25) is 12.4 Å². The maximum atomic E-state index is 3.34. The molecule has 0 bridgehead atoms.